The molecule has 1 atom stereocenters. The van der Waals surface area contributed by atoms with Gasteiger partial charge >= 0.3 is 5.97 Å². The topological polar surface area (TPSA) is 129 Å². The molecular weight excluding hydrogens is 372 g/mol. The number of hydrogen-bond donors (Lipinski definition) is 3. The number of aliphatic carboxylic acids is 1. The molecule has 1 unspecified atom stereocenters. The van der Waals surface area contributed by atoms with Gasteiger partial charge in [0.25, 0.3) is 0 Å². The molecule has 0 saturated carbocycles. The van der Waals surface area contributed by atoms with Crippen LogP contribution in [0.5, 0.6) is 0 Å². The summed E-state index contributed by atoms with van der Waals surface area (Å²) in [5.74, 6) is -0.351. The number of aliphatic hydroxyl groups is 1. The highest BCUT2D eigenvalue weighted by molar-refractivity contribution is 5.89. The molecule has 0 fully saturated rings. The van der Waals surface area contributed by atoms with Crippen LogP contribution in [0.3, 0.4) is 0 Å². The molecule has 0 spiro atoms. The van der Waals surface area contributed by atoms with Gasteiger partial charge in [0, 0.05) is 18.5 Å². The average Bonchev–Trinajstić information content (AvgIpc) is 2.64. The average molecular weight is 411 g/mol. The highest BCUT2D eigenvalue weighted by Gasteiger charge is 2.22. The maximum atomic E-state index is 12.1. The third kappa shape index (κ3) is 13.7. The van der Waals surface area contributed by atoms with E-state index in [4.69, 9.17) is 25.5 Å². The fourth-order valence-corrected chi connectivity index (χ4v) is 3.04. The van der Waals surface area contributed by atoms with E-state index in [1.54, 1.807) is 24.3 Å². The first-order valence-corrected chi connectivity index (χ1v) is 10.3. The maximum absolute atomic E-state index is 12.1. The lowest BCUT2D eigenvalue weighted by molar-refractivity contribution is -0.725. The lowest BCUT2D eigenvalue weighted by Crippen LogP contribution is -2.96. The van der Waals surface area contributed by atoms with E-state index in [1.807, 2.05) is 0 Å². The Morgan fingerprint density at radius 2 is 1.55 bits per heavy atom. The molecule has 166 valence electrons. The number of aliphatic hydroxyl groups excluding tert-OH is 1. The van der Waals surface area contributed by atoms with Gasteiger partial charge in [0.1, 0.15) is 12.6 Å². The van der Waals surface area contributed by atoms with Gasteiger partial charge in [0.05, 0.1) is 24.2 Å². The Kier molecular flexibility index (Phi) is 13.7. The first kappa shape index (κ1) is 26.9. The van der Waals surface area contributed by atoms with Crippen molar-refractivity contribution in [1.82, 2.24) is 0 Å². The van der Waals surface area contributed by atoms with Crippen molar-refractivity contribution in [3.05, 3.63) is 29.8 Å². The molecule has 7 nitrogen and oxygen atoms in total. The van der Waals surface area contributed by atoms with Crippen molar-refractivity contribution >= 4 is 17.6 Å². The largest absolute Gasteiger partial charge is 0.548 e. The number of rotatable bonds is 11. The molecule has 0 heterocycles. The van der Waals surface area contributed by atoms with Crippen LogP contribution < -0.4 is 16.2 Å². The van der Waals surface area contributed by atoms with Crippen molar-refractivity contribution < 1.29 is 29.9 Å². The van der Waals surface area contributed by atoms with E-state index in [0.29, 0.717) is 41.8 Å². The summed E-state index contributed by atoms with van der Waals surface area (Å²) < 4.78 is 5.52. The summed E-state index contributed by atoms with van der Waals surface area (Å²) >= 11 is 0. The second-order valence-electron chi connectivity index (χ2n) is 8.13. The molecule has 0 saturated heterocycles. The monoisotopic (exact) mass is 410 g/mol. The van der Waals surface area contributed by atoms with Gasteiger partial charge in [-0.1, -0.05) is 34.6 Å². The normalized spacial score (nSPS) is 11.9. The second-order valence-corrected chi connectivity index (χ2v) is 8.13. The molecule has 0 amide bonds. The maximum Gasteiger partial charge on any atom is 0.338 e. The zero-order valence-corrected chi connectivity index (χ0v) is 18.4. The number of carbonyl (C=O) groups is 2. The minimum atomic E-state index is -1.44. The molecular formula is C22H38N2O5. The first-order chi connectivity index (χ1) is 13.6. The Hall–Kier alpha value is -2.12. The standard InChI is InChI=1S/C20H34N2O2.C2H4O3/c1-6-18(22-19(11-14(2)3)12-15(4)5)13-24-20(23)16-7-9-17(21)10-8-16;3-1-2(4)5/h7-10,14-15,18-19,22H,6,11-13,21H2,1-5H3;3H,1H2,(H,4,5). The van der Waals surface area contributed by atoms with E-state index in [1.165, 1.54) is 12.8 Å². The van der Waals surface area contributed by atoms with Crippen LogP contribution in [-0.4, -0.2) is 42.3 Å². The lowest BCUT2D eigenvalue weighted by Gasteiger charge is -2.24. The highest BCUT2D eigenvalue weighted by Crippen LogP contribution is 2.11. The van der Waals surface area contributed by atoms with Crippen molar-refractivity contribution in [2.45, 2.75) is 66.0 Å². The van der Waals surface area contributed by atoms with Gasteiger partial charge in [-0.2, -0.15) is 0 Å². The number of carboxylic acids is 1. The number of anilines is 1. The van der Waals surface area contributed by atoms with Crippen LogP contribution in [-0.2, 0) is 9.53 Å². The van der Waals surface area contributed by atoms with Crippen LogP contribution >= 0.6 is 0 Å². The van der Waals surface area contributed by atoms with Crippen molar-refractivity contribution in [3.8, 4) is 0 Å². The Bertz CT molecular complexity index is 577. The molecule has 0 aromatic heterocycles. The van der Waals surface area contributed by atoms with Crippen LogP contribution in [0.25, 0.3) is 0 Å². The lowest BCUT2D eigenvalue weighted by atomic mass is 9.95. The molecule has 0 aliphatic carbocycles. The van der Waals surface area contributed by atoms with E-state index in [-0.39, 0.29) is 5.97 Å². The van der Waals surface area contributed by atoms with Crippen molar-refractivity contribution in [1.29, 1.82) is 0 Å². The molecule has 0 radical (unpaired) electrons. The van der Waals surface area contributed by atoms with Crippen LogP contribution in [0.15, 0.2) is 24.3 Å². The Morgan fingerprint density at radius 3 is 1.93 bits per heavy atom. The SMILES string of the molecule is CCC(COC(=O)c1ccc(N)cc1)[NH2+]C(CC(C)C)CC(C)C.O=C([O-])CO. The number of quaternary nitrogens is 1. The van der Waals surface area contributed by atoms with E-state index >= 15 is 0 Å². The van der Waals surface area contributed by atoms with Crippen molar-refractivity contribution in [2.24, 2.45) is 11.8 Å². The van der Waals surface area contributed by atoms with Gasteiger partial charge in [-0.3, -0.25) is 0 Å². The third-order valence-corrected chi connectivity index (χ3v) is 4.32. The van der Waals surface area contributed by atoms with E-state index in [0.717, 1.165) is 6.42 Å². The molecule has 1 rings (SSSR count). The summed E-state index contributed by atoms with van der Waals surface area (Å²) in [6.45, 7) is 10.8. The Labute approximate surface area is 174 Å². The number of esters is 1. The Morgan fingerprint density at radius 1 is 1.07 bits per heavy atom. The fraction of sp³-hybridized carbons (Fsp3) is 0.636. The summed E-state index contributed by atoms with van der Waals surface area (Å²) in [5, 5.41) is 18.9. The van der Waals surface area contributed by atoms with Crippen LogP contribution in [0.4, 0.5) is 5.69 Å². The molecule has 0 aliphatic rings. The summed E-state index contributed by atoms with van der Waals surface area (Å²) in [6.07, 6.45) is 3.38. The van der Waals surface area contributed by atoms with E-state index < -0.39 is 12.6 Å². The van der Waals surface area contributed by atoms with Gasteiger partial charge in [-0.15, -0.1) is 0 Å². The zero-order valence-electron chi connectivity index (χ0n) is 18.4. The summed E-state index contributed by atoms with van der Waals surface area (Å²) in [5.41, 5.74) is 6.85. The van der Waals surface area contributed by atoms with Gasteiger partial charge in [0.15, 0.2) is 0 Å². The molecule has 1 aromatic carbocycles. The molecule has 29 heavy (non-hydrogen) atoms. The van der Waals surface area contributed by atoms with Crippen molar-refractivity contribution in [3.63, 3.8) is 0 Å². The number of benzene rings is 1. The fourth-order valence-electron chi connectivity index (χ4n) is 3.04. The zero-order chi connectivity index (χ0) is 22.4. The van der Waals surface area contributed by atoms with E-state index in [9.17, 15) is 4.79 Å². The minimum absolute atomic E-state index is 0.272. The molecule has 7 heteroatoms. The van der Waals surface area contributed by atoms with Gasteiger partial charge in [-0.05, 0) is 42.5 Å². The molecule has 0 bridgehead atoms. The summed E-state index contributed by atoms with van der Waals surface area (Å²) in [6, 6.07) is 7.77. The number of ether oxygens (including phenoxy) is 1. The Balaban J connectivity index is 0.00000139. The predicted molar refractivity (Wildman–Crippen MR) is 112 cm³/mol. The summed E-state index contributed by atoms with van der Waals surface area (Å²) in [4.78, 5) is 21.1. The quantitative estimate of drug-likeness (QED) is 0.368. The number of hydrogen-bond acceptors (Lipinski definition) is 6. The first-order valence-electron chi connectivity index (χ1n) is 10.3. The highest BCUT2D eigenvalue weighted by atomic mass is 16.5. The summed E-state index contributed by atoms with van der Waals surface area (Å²) in [7, 11) is 0. The molecule has 5 N–H and O–H groups in total. The smallest absolute Gasteiger partial charge is 0.338 e. The number of carboxylic acid groups (broad SMARTS) is 1. The van der Waals surface area contributed by atoms with Crippen LogP contribution in [0, 0.1) is 11.8 Å². The van der Waals surface area contributed by atoms with Gasteiger partial charge in [-0.25, -0.2) is 4.79 Å². The van der Waals surface area contributed by atoms with Gasteiger partial charge < -0.3 is 30.8 Å². The van der Waals surface area contributed by atoms with Crippen LogP contribution in [0.1, 0.15) is 64.2 Å². The second kappa shape index (κ2) is 14.8. The third-order valence-electron chi connectivity index (χ3n) is 4.32. The molecule has 0 aliphatic heterocycles. The van der Waals surface area contributed by atoms with E-state index in [2.05, 4.69) is 39.9 Å². The predicted octanol–water partition coefficient (Wildman–Crippen LogP) is 0.957. The number of nitrogen functional groups attached to an aromatic ring is 1. The van der Waals surface area contributed by atoms with Gasteiger partial charge in [0.2, 0.25) is 0 Å². The number of carbonyl (C=O) groups excluding carboxylic acids is 2. The minimum Gasteiger partial charge on any atom is -0.548 e. The number of nitrogens with two attached hydrogens (primary N) is 2. The van der Waals surface area contributed by atoms with Crippen molar-refractivity contribution in [2.75, 3.05) is 18.9 Å². The molecule has 1 aromatic rings. The van der Waals surface area contributed by atoms with Crippen LogP contribution in [0.2, 0.25) is 0 Å².